The zero-order valence-electron chi connectivity index (χ0n) is 12.9. The minimum absolute atomic E-state index is 0.319. The number of hydrogen-bond donors (Lipinski definition) is 2. The van der Waals surface area contributed by atoms with E-state index in [0.29, 0.717) is 24.1 Å². The Morgan fingerprint density at radius 2 is 1.96 bits per heavy atom. The normalized spacial score (nSPS) is 25.4. The second-order valence-electron chi connectivity index (χ2n) is 5.49. The quantitative estimate of drug-likeness (QED) is 0.864. The molecule has 0 aromatic heterocycles. The van der Waals surface area contributed by atoms with Gasteiger partial charge in [-0.3, -0.25) is 15.1 Å². The van der Waals surface area contributed by atoms with Crippen LogP contribution in [-0.2, 0) is 11.3 Å². The number of halogens is 1. The van der Waals surface area contributed by atoms with Crippen molar-refractivity contribution in [2.75, 3.05) is 13.6 Å². The van der Waals surface area contributed by atoms with Gasteiger partial charge < -0.3 is 15.1 Å². The Morgan fingerprint density at radius 3 is 2.61 bits per heavy atom. The number of carbonyl (C=O) groups is 2. The van der Waals surface area contributed by atoms with Crippen molar-refractivity contribution in [2.45, 2.75) is 25.7 Å². The minimum Gasteiger partial charge on any atom is -0.333 e. The summed E-state index contributed by atoms with van der Waals surface area (Å²) in [5.41, 5.74) is 1.01. The molecule has 7 nitrogen and oxygen atoms in total. The van der Waals surface area contributed by atoms with E-state index in [2.05, 4.69) is 15.6 Å². The molecule has 0 bridgehead atoms. The highest BCUT2D eigenvalue weighted by atomic mass is 35.5. The summed E-state index contributed by atoms with van der Waals surface area (Å²) in [6, 6.07) is 6.52. The van der Waals surface area contributed by atoms with Crippen LogP contribution in [0.3, 0.4) is 0 Å². The Balaban J connectivity index is 1.91. The molecule has 2 atom stereocenters. The Morgan fingerprint density at radius 1 is 1.26 bits per heavy atom. The smallest absolute Gasteiger partial charge is 0.325 e. The van der Waals surface area contributed by atoms with Crippen LogP contribution in [0.2, 0.25) is 5.02 Å². The summed E-state index contributed by atoms with van der Waals surface area (Å²) in [5, 5.41) is 6.22. The molecule has 23 heavy (non-hydrogen) atoms. The number of likely N-dealkylation sites (N-methyl/N-ethyl adjacent to an activating group) is 1. The molecule has 2 aliphatic rings. The number of hydrogen-bond acceptors (Lipinski definition) is 3. The number of urea groups is 1. The molecule has 3 amide bonds. The molecular formula is C15H18ClN5O2. The monoisotopic (exact) mass is 335 g/mol. The highest BCUT2D eigenvalue weighted by Gasteiger charge is 2.49. The molecule has 0 saturated carbocycles. The largest absolute Gasteiger partial charge is 0.333 e. The Kier molecular flexibility index (Phi) is 4.12. The molecule has 1 aromatic carbocycles. The number of nitrogens with one attached hydrogen (secondary N) is 2. The van der Waals surface area contributed by atoms with E-state index in [0.717, 1.165) is 5.56 Å². The molecule has 2 fully saturated rings. The second-order valence-corrected chi connectivity index (χ2v) is 5.93. The van der Waals surface area contributed by atoms with Crippen LogP contribution >= 0.6 is 11.6 Å². The lowest BCUT2D eigenvalue weighted by atomic mass is 10.1. The molecule has 2 N–H and O–H groups in total. The summed E-state index contributed by atoms with van der Waals surface area (Å²) in [4.78, 5) is 31.9. The Labute approximate surface area is 139 Å². The molecule has 2 aliphatic heterocycles. The number of guanidine groups is 1. The molecule has 0 spiro atoms. The fraction of sp³-hybridized carbons (Fsp3) is 0.400. The van der Waals surface area contributed by atoms with E-state index in [4.69, 9.17) is 11.6 Å². The van der Waals surface area contributed by atoms with Crippen LogP contribution in [0, 0.1) is 0 Å². The lowest BCUT2D eigenvalue weighted by Gasteiger charge is -2.35. The van der Waals surface area contributed by atoms with Crippen LogP contribution in [0.15, 0.2) is 29.3 Å². The molecule has 1 aromatic rings. The van der Waals surface area contributed by atoms with Gasteiger partial charge in [0.05, 0.1) is 0 Å². The van der Waals surface area contributed by atoms with E-state index in [-0.39, 0.29) is 5.91 Å². The molecule has 2 saturated heterocycles. The molecule has 3 rings (SSSR count). The standard InChI is InChI=1S/C15H18ClN5O2/c1-3-17-14-18-12-11(13(22)19-15(23)20(12)2)21(14)8-9-4-6-10(16)7-5-9/h4-7,11-12H,3,8H2,1-2H3,(H,17,18)(H,19,22,23). The predicted molar refractivity (Wildman–Crippen MR) is 87.0 cm³/mol. The average molecular weight is 336 g/mol. The molecule has 0 radical (unpaired) electrons. The number of imide groups is 1. The lowest BCUT2D eigenvalue weighted by Crippen LogP contribution is -2.64. The summed E-state index contributed by atoms with van der Waals surface area (Å²) in [5.74, 6) is 0.301. The van der Waals surface area contributed by atoms with Crippen molar-refractivity contribution < 1.29 is 9.59 Å². The number of nitrogens with zero attached hydrogens (tertiary/aromatic N) is 3. The maximum atomic E-state index is 12.3. The molecule has 0 aliphatic carbocycles. The number of fused-ring (bicyclic) bond motifs is 1. The van der Waals surface area contributed by atoms with Crippen molar-refractivity contribution in [1.82, 2.24) is 20.4 Å². The first-order chi connectivity index (χ1) is 11.0. The number of amides is 3. The number of benzene rings is 1. The van der Waals surface area contributed by atoms with Crippen molar-refractivity contribution in [3.63, 3.8) is 0 Å². The van der Waals surface area contributed by atoms with Gasteiger partial charge in [-0.25, -0.2) is 4.79 Å². The van der Waals surface area contributed by atoms with Crippen molar-refractivity contribution in [3.05, 3.63) is 34.9 Å². The van der Waals surface area contributed by atoms with Gasteiger partial charge in [0, 0.05) is 25.2 Å². The van der Waals surface area contributed by atoms with Gasteiger partial charge in [-0.15, -0.1) is 0 Å². The Bertz CT molecular complexity index is 660. The molecule has 2 heterocycles. The van der Waals surface area contributed by atoms with Crippen molar-refractivity contribution >= 4 is 29.5 Å². The molecular weight excluding hydrogens is 318 g/mol. The Hall–Kier alpha value is -2.28. The van der Waals surface area contributed by atoms with E-state index >= 15 is 0 Å². The number of rotatable bonds is 3. The fourth-order valence-corrected chi connectivity index (χ4v) is 2.96. The summed E-state index contributed by atoms with van der Waals surface area (Å²) in [6.07, 6.45) is -0.422. The zero-order chi connectivity index (χ0) is 16.6. The number of carbonyl (C=O) groups excluding carboxylic acids is 2. The summed E-state index contributed by atoms with van der Waals surface area (Å²) in [7, 11) is 1.65. The van der Waals surface area contributed by atoms with Gasteiger partial charge >= 0.3 is 6.03 Å². The first-order valence-corrected chi connectivity index (χ1v) is 7.78. The molecule has 2 unspecified atom stereocenters. The first-order valence-electron chi connectivity index (χ1n) is 7.41. The van der Waals surface area contributed by atoms with Crippen LogP contribution in [0.5, 0.6) is 0 Å². The van der Waals surface area contributed by atoms with Gasteiger partial charge in [-0.2, -0.15) is 0 Å². The van der Waals surface area contributed by atoms with Crippen molar-refractivity contribution in [1.29, 1.82) is 0 Å². The molecule has 8 heteroatoms. The van der Waals surface area contributed by atoms with Gasteiger partial charge in [0.15, 0.2) is 12.0 Å². The third kappa shape index (κ3) is 2.84. The van der Waals surface area contributed by atoms with E-state index in [1.807, 2.05) is 36.1 Å². The maximum Gasteiger partial charge on any atom is 0.325 e. The summed E-state index contributed by atoms with van der Waals surface area (Å²) >= 11 is 5.92. The SMILES string of the molecule is CCN=C1NC2C(C(=O)NC(=O)N2C)N1Cc1ccc(Cl)cc1. The van der Waals surface area contributed by atoms with Crippen LogP contribution in [0.25, 0.3) is 0 Å². The van der Waals surface area contributed by atoms with Gasteiger partial charge in [0.2, 0.25) is 0 Å². The van der Waals surface area contributed by atoms with E-state index in [9.17, 15) is 9.59 Å². The van der Waals surface area contributed by atoms with E-state index < -0.39 is 18.2 Å². The van der Waals surface area contributed by atoms with E-state index in [1.54, 1.807) is 7.05 Å². The van der Waals surface area contributed by atoms with Crippen LogP contribution in [0.1, 0.15) is 12.5 Å². The zero-order valence-corrected chi connectivity index (χ0v) is 13.7. The van der Waals surface area contributed by atoms with Gasteiger partial charge in [-0.05, 0) is 24.6 Å². The average Bonchev–Trinajstić information content (AvgIpc) is 2.87. The summed E-state index contributed by atoms with van der Waals surface area (Å²) < 4.78 is 0. The van der Waals surface area contributed by atoms with Crippen LogP contribution in [0.4, 0.5) is 4.79 Å². The van der Waals surface area contributed by atoms with Crippen LogP contribution in [-0.4, -0.2) is 53.5 Å². The first kappa shape index (κ1) is 15.6. The van der Waals surface area contributed by atoms with Crippen molar-refractivity contribution in [2.24, 2.45) is 4.99 Å². The molecule has 122 valence electrons. The van der Waals surface area contributed by atoms with Gasteiger partial charge in [-0.1, -0.05) is 23.7 Å². The third-order valence-corrected chi connectivity index (χ3v) is 4.25. The predicted octanol–water partition coefficient (Wildman–Crippen LogP) is 0.997. The topological polar surface area (TPSA) is 77.0 Å². The second kappa shape index (κ2) is 6.08. The fourth-order valence-electron chi connectivity index (χ4n) is 2.83. The van der Waals surface area contributed by atoms with Crippen LogP contribution < -0.4 is 10.6 Å². The maximum absolute atomic E-state index is 12.3. The van der Waals surface area contributed by atoms with Crippen molar-refractivity contribution in [3.8, 4) is 0 Å². The van der Waals surface area contributed by atoms with Gasteiger partial charge in [0.25, 0.3) is 5.91 Å². The lowest BCUT2D eigenvalue weighted by molar-refractivity contribution is -0.127. The van der Waals surface area contributed by atoms with Gasteiger partial charge in [0.1, 0.15) is 6.17 Å². The number of aliphatic imine (C=N–C) groups is 1. The van der Waals surface area contributed by atoms with E-state index in [1.165, 1.54) is 4.90 Å². The highest BCUT2D eigenvalue weighted by molar-refractivity contribution is 6.30. The minimum atomic E-state index is -0.515. The highest BCUT2D eigenvalue weighted by Crippen LogP contribution is 2.23. The third-order valence-electron chi connectivity index (χ3n) is 3.99. The summed E-state index contributed by atoms with van der Waals surface area (Å²) in [6.45, 7) is 3.00.